The van der Waals surface area contributed by atoms with Crippen LogP contribution < -0.4 is 0 Å². The number of fused-ring (bicyclic) bond motifs is 5. The summed E-state index contributed by atoms with van der Waals surface area (Å²) in [5.74, 6) is -1.96. The molecular formula is C28H46O7. The lowest BCUT2D eigenvalue weighted by molar-refractivity contribution is -0.274. The topological polar surface area (TPSA) is 124 Å². The number of carboxylic acid groups (broad SMARTS) is 1. The van der Waals surface area contributed by atoms with Crippen molar-refractivity contribution in [3.63, 3.8) is 0 Å². The van der Waals surface area contributed by atoms with Gasteiger partial charge in [-0.1, -0.05) is 20.8 Å². The maximum absolute atomic E-state index is 13.8. The summed E-state index contributed by atoms with van der Waals surface area (Å²) >= 11 is 0. The third kappa shape index (κ3) is 3.86. The molecular weight excluding hydrogens is 448 g/mol. The van der Waals surface area contributed by atoms with Crippen LogP contribution in [0.3, 0.4) is 0 Å². The number of carbonyl (C=O) groups is 2. The molecule has 4 aliphatic rings. The Bertz CT molecular complexity index is 843. The number of aliphatic hydroxyl groups excluding tert-OH is 1. The Morgan fingerprint density at radius 3 is 2.20 bits per heavy atom. The van der Waals surface area contributed by atoms with Gasteiger partial charge in [-0.3, -0.25) is 9.59 Å². The molecule has 4 rings (SSSR count). The van der Waals surface area contributed by atoms with Crippen molar-refractivity contribution in [1.82, 2.24) is 0 Å². The first-order valence-corrected chi connectivity index (χ1v) is 13.8. The van der Waals surface area contributed by atoms with Crippen LogP contribution in [-0.2, 0) is 14.3 Å². The molecule has 0 heterocycles. The first kappa shape index (κ1) is 26.9. The lowest BCUT2D eigenvalue weighted by Gasteiger charge is -2.68. The molecule has 0 radical (unpaired) electrons. The molecule has 200 valence electrons. The number of aliphatic hydroxyl groups is 3. The number of ether oxygens (including phenoxy) is 1. The summed E-state index contributed by atoms with van der Waals surface area (Å²) in [6.07, 6.45) is 4.32. The summed E-state index contributed by atoms with van der Waals surface area (Å²) in [5, 5.41) is 44.1. The van der Waals surface area contributed by atoms with Crippen LogP contribution in [0, 0.1) is 40.4 Å². The minimum Gasteiger partial charge on any atom is -0.481 e. The van der Waals surface area contributed by atoms with Crippen LogP contribution in [0.15, 0.2) is 0 Å². The Morgan fingerprint density at radius 2 is 1.60 bits per heavy atom. The van der Waals surface area contributed by atoms with Gasteiger partial charge in [0, 0.05) is 18.8 Å². The number of rotatable bonds is 6. The minimum atomic E-state index is -1.16. The molecule has 0 spiro atoms. The number of carboxylic acids is 1. The van der Waals surface area contributed by atoms with E-state index < -0.39 is 40.0 Å². The molecule has 0 aromatic heterocycles. The van der Waals surface area contributed by atoms with Gasteiger partial charge in [0.15, 0.2) is 0 Å². The normalized spacial score (nSPS) is 49.2. The fourth-order valence-electron chi connectivity index (χ4n) is 9.52. The first-order valence-electron chi connectivity index (χ1n) is 13.8. The molecule has 4 saturated carbocycles. The molecule has 4 N–H and O–H groups in total. The second-order valence-corrected chi connectivity index (χ2v) is 13.0. The third-order valence-electron chi connectivity index (χ3n) is 11.3. The fraction of sp³-hybridized carbons (Fsp3) is 0.929. The van der Waals surface area contributed by atoms with Gasteiger partial charge in [0.2, 0.25) is 0 Å². The highest BCUT2D eigenvalue weighted by Gasteiger charge is 2.72. The number of aliphatic carboxylic acids is 1. The van der Waals surface area contributed by atoms with Crippen molar-refractivity contribution < 1.29 is 34.8 Å². The summed E-state index contributed by atoms with van der Waals surface area (Å²) in [6.45, 7) is 9.96. The second-order valence-electron chi connectivity index (χ2n) is 13.0. The van der Waals surface area contributed by atoms with E-state index in [0.717, 1.165) is 19.3 Å². The number of carbonyl (C=O) groups excluding carboxylic acids is 1. The molecule has 4 fully saturated rings. The average Bonchev–Trinajstić information content (AvgIpc) is 3.03. The van der Waals surface area contributed by atoms with Crippen LogP contribution in [0.1, 0.15) is 98.8 Å². The zero-order valence-electron chi connectivity index (χ0n) is 22.1. The quantitative estimate of drug-likeness (QED) is 0.413. The molecule has 0 bridgehead atoms. The highest BCUT2D eigenvalue weighted by Crippen LogP contribution is 2.72. The summed E-state index contributed by atoms with van der Waals surface area (Å²) in [5.41, 5.74) is -3.16. The smallest absolute Gasteiger partial charge is 0.309 e. The molecule has 0 aromatic carbocycles. The zero-order valence-corrected chi connectivity index (χ0v) is 22.1. The maximum Gasteiger partial charge on any atom is 0.309 e. The van der Waals surface area contributed by atoms with Crippen molar-refractivity contribution in [2.75, 3.05) is 0 Å². The summed E-state index contributed by atoms with van der Waals surface area (Å²) < 4.78 is 5.81. The molecule has 35 heavy (non-hydrogen) atoms. The number of hydrogen-bond donors (Lipinski definition) is 4. The molecule has 0 aliphatic heterocycles. The largest absolute Gasteiger partial charge is 0.481 e. The van der Waals surface area contributed by atoms with E-state index in [-0.39, 0.29) is 55.0 Å². The summed E-state index contributed by atoms with van der Waals surface area (Å²) in [7, 11) is 0. The molecule has 0 saturated heterocycles. The van der Waals surface area contributed by atoms with Crippen LogP contribution in [-0.4, -0.2) is 55.8 Å². The van der Waals surface area contributed by atoms with Gasteiger partial charge in [0.1, 0.15) is 0 Å². The van der Waals surface area contributed by atoms with Crippen molar-refractivity contribution in [3.05, 3.63) is 0 Å². The van der Waals surface area contributed by atoms with E-state index in [1.165, 1.54) is 0 Å². The van der Waals surface area contributed by atoms with Gasteiger partial charge in [-0.15, -0.1) is 0 Å². The van der Waals surface area contributed by atoms with Gasteiger partial charge >= 0.3 is 11.9 Å². The van der Waals surface area contributed by atoms with Gasteiger partial charge in [0.05, 0.1) is 29.3 Å². The predicted molar refractivity (Wildman–Crippen MR) is 130 cm³/mol. The van der Waals surface area contributed by atoms with E-state index in [4.69, 9.17) is 4.74 Å². The second kappa shape index (κ2) is 8.98. The summed E-state index contributed by atoms with van der Waals surface area (Å²) in [4.78, 5) is 25.1. The third-order valence-corrected chi connectivity index (χ3v) is 11.3. The number of esters is 1. The van der Waals surface area contributed by atoms with Crippen LogP contribution in [0.2, 0.25) is 0 Å². The fourth-order valence-corrected chi connectivity index (χ4v) is 9.52. The van der Waals surface area contributed by atoms with Crippen molar-refractivity contribution >= 4 is 11.9 Å². The molecule has 0 aromatic rings. The Balaban J connectivity index is 1.81. The van der Waals surface area contributed by atoms with Crippen LogP contribution >= 0.6 is 0 Å². The molecule has 7 nitrogen and oxygen atoms in total. The van der Waals surface area contributed by atoms with Crippen LogP contribution in [0.5, 0.6) is 0 Å². The minimum absolute atomic E-state index is 0.0482. The monoisotopic (exact) mass is 494 g/mol. The van der Waals surface area contributed by atoms with E-state index >= 15 is 0 Å². The number of hydrogen-bond acceptors (Lipinski definition) is 6. The Kier molecular flexibility index (Phi) is 6.90. The predicted octanol–water partition coefficient (Wildman–Crippen LogP) is 3.91. The van der Waals surface area contributed by atoms with Crippen LogP contribution in [0.4, 0.5) is 0 Å². The van der Waals surface area contributed by atoms with Crippen molar-refractivity contribution in [1.29, 1.82) is 0 Å². The molecule has 10 atom stereocenters. The van der Waals surface area contributed by atoms with Crippen molar-refractivity contribution in [2.45, 2.75) is 122 Å². The average molecular weight is 495 g/mol. The standard InChI is InChI=1S/C28H46O7/c1-6-18-23(24(32)35-16(2)3)22-19-9-13-27(33,14-10-21(30)31)25(19,4)12-8-20(22)26(5)11-7-17(29)15-28(18,26)34/h16-20,22-23,29,33-34H,6-15H2,1-5H3,(H,30,31)/t17-,18+,19-,20-,22-,23-,25-,26+,27+,28-/m0/s1. The van der Waals surface area contributed by atoms with Gasteiger partial charge in [0.25, 0.3) is 0 Å². The van der Waals surface area contributed by atoms with Gasteiger partial charge < -0.3 is 25.2 Å². The SMILES string of the molecule is CC[C@@H]1[C@H](C(=O)OC(C)C)[C@H]2[C@@H]3CC[C@@](O)(CCC(=O)O)[C@@]3(C)CC[C@@H]2[C@@]2(C)CC[C@H](O)C[C@]12O. The first-order chi connectivity index (χ1) is 16.2. The van der Waals surface area contributed by atoms with E-state index in [2.05, 4.69) is 13.8 Å². The maximum atomic E-state index is 13.8. The lowest BCUT2D eigenvalue weighted by atomic mass is 9.38. The van der Waals surface area contributed by atoms with Gasteiger partial charge in [-0.25, -0.2) is 0 Å². The Morgan fingerprint density at radius 1 is 1.00 bits per heavy atom. The van der Waals surface area contributed by atoms with E-state index in [1.54, 1.807) is 0 Å². The molecule has 4 aliphatic carbocycles. The van der Waals surface area contributed by atoms with Gasteiger partial charge in [-0.2, -0.15) is 0 Å². The van der Waals surface area contributed by atoms with E-state index in [1.807, 2.05) is 20.8 Å². The van der Waals surface area contributed by atoms with Gasteiger partial charge in [-0.05, 0) is 93.8 Å². The lowest BCUT2D eigenvalue weighted by Crippen LogP contribution is -2.71. The zero-order chi connectivity index (χ0) is 26.0. The Labute approximate surface area is 209 Å². The van der Waals surface area contributed by atoms with Crippen molar-refractivity contribution in [2.24, 2.45) is 40.4 Å². The van der Waals surface area contributed by atoms with Crippen LogP contribution in [0.25, 0.3) is 0 Å². The highest BCUT2D eigenvalue weighted by molar-refractivity contribution is 5.74. The molecule has 0 amide bonds. The summed E-state index contributed by atoms with van der Waals surface area (Å²) in [6, 6.07) is 0. The van der Waals surface area contributed by atoms with E-state index in [9.17, 15) is 30.0 Å². The Hall–Kier alpha value is -1.18. The molecule has 7 heteroatoms. The molecule has 0 unspecified atom stereocenters. The van der Waals surface area contributed by atoms with E-state index in [0.29, 0.717) is 25.7 Å². The highest BCUT2D eigenvalue weighted by atomic mass is 16.5. The van der Waals surface area contributed by atoms with Crippen molar-refractivity contribution in [3.8, 4) is 0 Å².